The zero-order chi connectivity index (χ0) is 23.6. The van der Waals surface area contributed by atoms with Gasteiger partial charge in [-0.3, -0.25) is 0 Å². The Morgan fingerprint density at radius 1 is 1.00 bits per heavy atom. The van der Waals surface area contributed by atoms with Crippen LogP contribution < -0.4 is 5.73 Å². The van der Waals surface area contributed by atoms with Gasteiger partial charge in [-0.1, -0.05) is 36.4 Å². The minimum atomic E-state index is -0.889. The van der Waals surface area contributed by atoms with Crippen LogP contribution >= 0.6 is 0 Å². The number of ether oxygens (including phenoxy) is 1. The second-order valence-electron chi connectivity index (χ2n) is 8.27. The molecular weight excluding hydrogens is 429 g/mol. The standard InChI is InChI=1S/C26H25F3N2O2/c1-17(18-2-4-19(5-3-18)23-11-10-22(28)16-24(23)29)31-15-13-26(12-14-30,33-25(31)32)20-6-8-21(27)9-7-20/h2-11,16-17H,12-15,30H2,1H3/t17?,26-/m1/s1. The Labute approximate surface area is 190 Å². The highest BCUT2D eigenvalue weighted by atomic mass is 19.1. The topological polar surface area (TPSA) is 55.6 Å². The van der Waals surface area contributed by atoms with Gasteiger partial charge >= 0.3 is 6.09 Å². The zero-order valence-electron chi connectivity index (χ0n) is 18.2. The average molecular weight is 454 g/mol. The number of rotatable bonds is 6. The van der Waals surface area contributed by atoms with Crippen molar-refractivity contribution in [3.8, 4) is 11.1 Å². The van der Waals surface area contributed by atoms with E-state index in [1.54, 1.807) is 29.2 Å². The lowest BCUT2D eigenvalue weighted by atomic mass is 9.85. The third-order valence-corrected chi connectivity index (χ3v) is 6.29. The Hall–Kier alpha value is -3.32. The second-order valence-corrected chi connectivity index (χ2v) is 8.27. The Bertz CT molecular complexity index is 1140. The maximum atomic E-state index is 14.1. The van der Waals surface area contributed by atoms with Gasteiger partial charge in [0.1, 0.15) is 23.1 Å². The van der Waals surface area contributed by atoms with Crippen LogP contribution in [-0.2, 0) is 10.3 Å². The van der Waals surface area contributed by atoms with Gasteiger partial charge in [0.05, 0.1) is 6.04 Å². The van der Waals surface area contributed by atoms with Gasteiger partial charge in [0.2, 0.25) is 0 Å². The highest BCUT2D eigenvalue weighted by Crippen LogP contribution is 2.39. The van der Waals surface area contributed by atoms with Crippen molar-refractivity contribution in [2.75, 3.05) is 13.1 Å². The van der Waals surface area contributed by atoms with E-state index >= 15 is 0 Å². The van der Waals surface area contributed by atoms with Crippen LogP contribution in [0.5, 0.6) is 0 Å². The van der Waals surface area contributed by atoms with E-state index in [4.69, 9.17) is 10.5 Å². The second kappa shape index (κ2) is 9.27. The fraction of sp³-hybridized carbons (Fsp3) is 0.269. The summed E-state index contributed by atoms with van der Waals surface area (Å²) >= 11 is 0. The minimum Gasteiger partial charge on any atom is -0.438 e. The number of amides is 1. The van der Waals surface area contributed by atoms with Gasteiger partial charge in [-0.25, -0.2) is 18.0 Å². The summed E-state index contributed by atoms with van der Waals surface area (Å²) in [5, 5.41) is 0. The highest BCUT2D eigenvalue weighted by molar-refractivity contribution is 5.70. The van der Waals surface area contributed by atoms with Crippen LogP contribution in [0.25, 0.3) is 11.1 Å². The van der Waals surface area contributed by atoms with Crippen LogP contribution in [0.3, 0.4) is 0 Å². The van der Waals surface area contributed by atoms with Gasteiger partial charge in [0, 0.05) is 31.0 Å². The lowest BCUT2D eigenvalue weighted by Crippen LogP contribution is -2.49. The van der Waals surface area contributed by atoms with Gasteiger partial charge in [-0.05, 0) is 54.4 Å². The van der Waals surface area contributed by atoms with Crippen molar-refractivity contribution in [3.63, 3.8) is 0 Å². The number of benzene rings is 3. The monoisotopic (exact) mass is 454 g/mol. The van der Waals surface area contributed by atoms with E-state index in [0.717, 1.165) is 17.2 Å². The Balaban J connectivity index is 1.52. The molecule has 4 nitrogen and oxygen atoms in total. The normalized spacial score (nSPS) is 19.3. The molecule has 4 rings (SSSR count). The number of carbonyl (C=O) groups is 1. The van der Waals surface area contributed by atoms with Crippen molar-refractivity contribution in [1.82, 2.24) is 4.90 Å². The summed E-state index contributed by atoms with van der Waals surface area (Å²) in [5.74, 6) is -1.62. The predicted molar refractivity (Wildman–Crippen MR) is 120 cm³/mol. The number of nitrogens with two attached hydrogens (primary N) is 1. The molecule has 1 fully saturated rings. The number of nitrogens with zero attached hydrogens (tertiary/aromatic N) is 1. The fourth-order valence-electron chi connectivity index (χ4n) is 4.38. The molecule has 1 amide bonds. The Morgan fingerprint density at radius 2 is 1.67 bits per heavy atom. The van der Waals surface area contributed by atoms with Crippen LogP contribution in [0.1, 0.15) is 36.9 Å². The lowest BCUT2D eigenvalue weighted by molar-refractivity contribution is -0.0640. The average Bonchev–Trinajstić information content (AvgIpc) is 2.79. The molecule has 1 aliphatic heterocycles. The molecule has 172 valence electrons. The molecule has 2 atom stereocenters. The molecule has 0 bridgehead atoms. The third-order valence-electron chi connectivity index (χ3n) is 6.29. The van der Waals surface area contributed by atoms with E-state index in [1.807, 2.05) is 19.1 Å². The number of cyclic esters (lactones) is 1. The summed E-state index contributed by atoms with van der Waals surface area (Å²) in [6.45, 7) is 2.65. The molecule has 3 aromatic rings. The predicted octanol–water partition coefficient (Wildman–Crippen LogP) is 5.92. The van der Waals surface area contributed by atoms with E-state index in [1.165, 1.54) is 24.3 Å². The summed E-state index contributed by atoms with van der Waals surface area (Å²) < 4.78 is 46.6. The molecule has 0 aliphatic carbocycles. The summed E-state index contributed by atoms with van der Waals surface area (Å²) in [4.78, 5) is 14.6. The fourth-order valence-corrected chi connectivity index (χ4v) is 4.38. The molecule has 1 heterocycles. The molecule has 0 radical (unpaired) electrons. The number of hydrogen-bond acceptors (Lipinski definition) is 3. The molecule has 1 aliphatic rings. The van der Waals surface area contributed by atoms with E-state index in [-0.39, 0.29) is 11.9 Å². The number of hydrogen-bond donors (Lipinski definition) is 1. The molecule has 0 aromatic heterocycles. The maximum Gasteiger partial charge on any atom is 0.411 e. The van der Waals surface area contributed by atoms with Crippen molar-refractivity contribution in [2.24, 2.45) is 5.73 Å². The molecule has 0 saturated carbocycles. The summed E-state index contributed by atoms with van der Waals surface area (Å²) in [7, 11) is 0. The summed E-state index contributed by atoms with van der Waals surface area (Å²) in [5.41, 5.74) is 7.40. The maximum absolute atomic E-state index is 14.1. The molecular formula is C26H25F3N2O2. The first-order valence-electron chi connectivity index (χ1n) is 10.8. The van der Waals surface area contributed by atoms with E-state index in [2.05, 4.69) is 0 Å². The third kappa shape index (κ3) is 4.59. The quantitative estimate of drug-likeness (QED) is 0.503. The lowest BCUT2D eigenvalue weighted by Gasteiger charge is -2.43. The Kier molecular flexibility index (Phi) is 6.42. The van der Waals surface area contributed by atoms with Gasteiger partial charge < -0.3 is 15.4 Å². The molecule has 1 unspecified atom stereocenters. The van der Waals surface area contributed by atoms with Crippen LogP contribution in [0, 0.1) is 17.5 Å². The SMILES string of the molecule is CC(c1ccc(-c2ccc(F)cc2F)cc1)N1CC[C@](CCN)(c2ccc(F)cc2)OC1=O. The van der Waals surface area contributed by atoms with E-state index in [9.17, 15) is 18.0 Å². The molecule has 1 saturated heterocycles. The van der Waals surface area contributed by atoms with Crippen LogP contribution in [-0.4, -0.2) is 24.1 Å². The largest absolute Gasteiger partial charge is 0.438 e. The molecule has 7 heteroatoms. The summed E-state index contributed by atoms with van der Waals surface area (Å²) in [6, 6.07) is 16.3. The molecule has 33 heavy (non-hydrogen) atoms. The van der Waals surface area contributed by atoms with Crippen LogP contribution in [0.2, 0.25) is 0 Å². The highest BCUT2D eigenvalue weighted by Gasteiger charge is 2.43. The molecule has 3 aromatic carbocycles. The van der Waals surface area contributed by atoms with Gasteiger partial charge in [-0.2, -0.15) is 0 Å². The molecule has 2 N–H and O–H groups in total. The van der Waals surface area contributed by atoms with E-state index < -0.39 is 23.3 Å². The first-order valence-corrected chi connectivity index (χ1v) is 10.8. The van der Waals surface area contributed by atoms with Crippen LogP contribution in [0.15, 0.2) is 66.7 Å². The van der Waals surface area contributed by atoms with Gasteiger partial charge in [0.25, 0.3) is 0 Å². The number of halogens is 3. The van der Waals surface area contributed by atoms with E-state index in [0.29, 0.717) is 37.1 Å². The van der Waals surface area contributed by atoms with Gasteiger partial charge in [-0.15, -0.1) is 0 Å². The molecule has 0 spiro atoms. The van der Waals surface area contributed by atoms with Gasteiger partial charge in [0.15, 0.2) is 0 Å². The first kappa shape index (κ1) is 22.9. The van der Waals surface area contributed by atoms with Crippen molar-refractivity contribution in [2.45, 2.75) is 31.4 Å². The van der Waals surface area contributed by atoms with Crippen molar-refractivity contribution < 1.29 is 22.7 Å². The number of carbonyl (C=O) groups excluding carboxylic acids is 1. The van der Waals surface area contributed by atoms with Crippen molar-refractivity contribution in [1.29, 1.82) is 0 Å². The Morgan fingerprint density at radius 3 is 2.27 bits per heavy atom. The smallest absolute Gasteiger partial charge is 0.411 e. The first-order chi connectivity index (χ1) is 15.8. The van der Waals surface area contributed by atoms with Crippen LogP contribution in [0.4, 0.5) is 18.0 Å². The summed E-state index contributed by atoms with van der Waals surface area (Å²) in [6.07, 6.45) is 0.482. The van der Waals surface area contributed by atoms with Crippen molar-refractivity contribution >= 4 is 6.09 Å². The minimum absolute atomic E-state index is 0.284. The van der Waals surface area contributed by atoms with Crippen molar-refractivity contribution in [3.05, 3.63) is 95.3 Å². The zero-order valence-corrected chi connectivity index (χ0v) is 18.2.